The molecule has 0 fully saturated rings. The molecule has 0 saturated carbocycles. The highest BCUT2D eigenvalue weighted by atomic mass is 16.5. The molecule has 2 N–H and O–H groups in total. The van der Waals surface area contributed by atoms with Gasteiger partial charge in [-0.25, -0.2) is 4.79 Å². The molecule has 0 radical (unpaired) electrons. The SMILES string of the molecule is CCOC(=O)[C@H](Cc1ccccc1)NC(=O)C(C)(C)C(NC(=O)c1ccc(C#N)cc1)C(C)C. The first-order chi connectivity index (χ1) is 16.1. The summed E-state index contributed by atoms with van der Waals surface area (Å²) >= 11 is 0. The maximum Gasteiger partial charge on any atom is 0.328 e. The zero-order valence-electron chi connectivity index (χ0n) is 20.4. The van der Waals surface area contributed by atoms with Gasteiger partial charge in [-0.3, -0.25) is 9.59 Å². The van der Waals surface area contributed by atoms with Gasteiger partial charge in [-0.05, 0) is 56.5 Å². The van der Waals surface area contributed by atoms with Gasteiger partial charge in [0.2, 0.25) is 5.91 Å². The first kappa shape index (κ1) is 26.6. The summed E-state index contributed by atoms with van der Waals surface area (Å²) in [6, 6.07) is 16.4. The summed E-state index contributed by atoms with van der Waals surface area (Å²) in [6.07, 6.45) is 0.297. The van der Waals surface area contributed by atoms with Crippen molar-refractivity contribution in [3.63, 3.8) is 0 Å². The van der Waals surface area contributed by atoms with Crippen LogP contribution >= 0.6 is 0 Å². The smallest absolute Gasteiger partial charge is 0.328 e. The van der Waals surface area contributed by atoms with Crippen LogP contribution in [0.1, 0.15) is 56.1 Å². The number of amides is 2. The number of carbonyl (C=O) groups excluding carboxylic acids is 3. The highest BCUT2D eigenvalue weighted by Gasteiger charge is 2.41. The van der Waals surface area contributed by atoms with E-state index in [9.17, 15) is 14.4 Å². The van der Waals surface area contributed by atoms with Crippen molar-refractivity contribution >= 4 is 17.8 Å². The van der Waals surface area contributed by atoms with Crippen LogP contribution in [0, 0.1) is 22.7 Å². The highest BCUT2D eigenvalue weighted by Crippen LogP contribution is 2.27. The lowest BCUT2D eigenvalue weighted by molar-refractivity contribution is -0.148. The molecule has 2 amide bonds. The average Bonchev–Trinajstić information content (AvgIpc) is 2.82. The van der Waals surface area contributed by atoms with Crippen LogP contribution in [0.25, 0.3) is 0 Å². The number of hydrogen-bond donors (Lipinski definition) is 2. The summed E-state index contributed by atoms with van der Waals surface area (Å²) in [4.78, 5) is 38.9. The largest absolute Gasteiger partial charge is 0.464 e. The van der Waals surface area contributed by atoms with Crippen LogP contribution in [-0.4, -0.2) is 36.5 Å². The molecule has 0 heterocycles. The normalized spacial score (nSPS) is 12.9. The maximum absolute atomic E-state index is 13.4. The van der Waals surface area contributed by atoms with E-state index in [0.717, 1.165) is 5.56 Å². The van der Waals surface area contributed by atoms with E-state index in [1.165, 1.54) is 0 Å². The lowest BCUT2D eigenvalue weighted by atomic mass is 9.77. The third kappa shape index (κ3) is 6.92. The Morgan fingerprint density at radius 1 is 1.00 bits per heavy atom. The van der Waals surface area contributed by atoms with E-state index in [0.29, 0.717) is 17.5 Å². The van der Waals surface area contributed by atoms with Gasteiger partial charge in [-0.1, -0.05) is 44.2 Å². The predicted molar refractivity (Wildman–Crippen MR) is 130 cm³/mol. The maximum atomic E-state index is 13.4. The Hall–Kier alpha value is -3.66. The van der Waals surface area contributed by atoms with Crippen LogP contribution < -0.4 is 10.6 Å². The molecule has 7 heteroatoms. The molecule has 0 bridgehead atoms. The highest BCUT2D eigenvalue weighted by molar-refractivity contribution is 5.95. The van der Waals surface area contributed by atoms with Gasteiger partial charge in [0.1, 0.15) is 6.04 Å². The predicted octanol–water partition coefficient (Wildman–Crippen LogP) is 3.63. The second-order valence-corrected chi connectivity index (χ2v) is 9.07. The molecule has 0 aromatic heterocycles. The minimum Gasteiger partial charge on any atom is -0.464 e. The van der Waals surface area contributed by atoms with E-state index >= 15 is 0 Å². The fraction of sp³-hybridized carbons (Fsp3) is 0.407. The Bertz CT molecular complexity index is 1020. The van der Waals surface area contributed by atoms with Crippen LogP contribution in [0.3, 0.4) is 0 Å². The fourth-order valence-electron chi connectivity index (χ4n) is 3.87. The Morgan fingerprint density at radius 3 is 2.15 bits per heavy atom. The van der Waals surface area contributed by atoms with E-state index in [4.69, 9.17) is 10.00 Å². The van der Waals surface area contributed by atoms with Gasteiger partial charge >= 0.3 is 5.97 Å². The van der Waals surface area contributed by atoms with Crippen molar-refractivity contribution in [2.45, 2.75) is 53.1 Å². The number of nitriles is 1. The fourth-order valence-corrected chi connectivity index (χ4v) is 3.87. The van der Waals surface area contributed by atoms with Crippen LogP contribution in [0.2, 0.25) is 0 Å². The Morgan fingerprint density at radius 2 is 1.62 bits per heavy atom. The van der Waals surface area contributed by atoms with E-state index in [2.05, 4.69) is 10.6 Å². The molecule has 2 atom stereocenters. The average molecular weight is 464 g/mol. The molecule has 2 aromatic rings. The first-order valence-electron chi connectivity index (χ1n) is 11.4. The number of esters is 1. The second-order valence-electron chi connectivity index (χ2n) is 9.07. The molecule has 0 saturated heterocycles. The van der Waals surface area contributed by atoms with Gasteiger partial charge in [0.15, 0.2) is 0 Å². The number of carbonyl (C=O) groups is 3. The van der Waals surface area contributed by atoms with Crippen LogP contribution in [0.4, 0.5) is 0 Å². The molecule has 34 heavy (non-hydrogen) atoms. The summed E-state index contributed by atoms with van der Waals surface area (Å²) in [5, 5.41) is 14.8. The van der Waals surface area contributed by atoms with E-state index in [1.807, 2.05) is 50.2 Å². The van der Waals surface area contributed by atoms with E-state index in [-0.39, 0.29) is 24.3 Å². The minimum absolute atomic E-state index is 0.0711. The molecule has 7 nitrogen and oxygen atoms in total. The molecular formula is C27H33N3O4. The number of ether oxygens (including phenoxy) is 1. The van der Waals surface area contributed by atoms with Crippen molar-refractivity contribution in [2.24, 2.45) is 11.3 Å². The lowest BCUT2D eigenvalue weighted by Crippen LogP contribution is -2.57. The summed E-state index contributed by atoms with van der Waals surface area (Å²) in [6.45, 7) is 9.26. The summed E-state index contributed by atoms with van der Waals surface area (Å²) in [5.74, 6) is -1.27. The molecule has 180 valence electrons. The standard InChI is InChI=1S/C27H33N3O4/c1-6-34-25(32)22(16-19-10-8-7-9-11-19)29-26(33)27(4,5)23(18(2)3)30-24(31)21-14-12-20(17-28)13-15-21/h7-15,18,22-23H,6,16H2,1-5H3,(H,29,33)(H,30,31)/t22-,23?/m0/s1. The van der Waals surface area contributed by atoms with Gasteiger partial charge in [0, 0.05) is 18.0 Å². The van der Waals surface area contributed by atoms with Crippen molar-refractivity contribution in [3.8, 4) is 6.07 Å². The summed E-state index contributed by atoms with van der Waals surface area (Å²) in [5.41, 5.74) is 0.723. The summed E-state index contributed by atoms with van der Waals surface area (Å²) < 4.78 is 5.19. The minimum atomic E-state index is -1.03. The number of rotatable bonds is 10. The monoisotopic (exact) mass is 463 g/mol. The van der Waals surface area contributed by atoms with Gasteiger partial charge < -0.3 is 15.4 Å². The number of benzene rings is 2. The molecule has 2 rings (SSSR count). The second kappa shape index (κ2) is 12.0. The Kier molecular flexibility index (Phi) is 9.37. The topological polar surface area (TPSA) is 108 Å². The van der Waals surface area contributed by atoms with Crippen molar-refractivity contribution in [1.82, 2.24) is 10.6 Å². The number of nitrogens with one attached hydrogen (secondary N) is 2. The molecular weight excluding hydrogens is 430 g/mol. The number of nitrogens with zero attached hydrogens (tertiary/aromatic N) is 1. The molecule has 2 aromatic carbocycles. The molecule has 0 aliphatic rings. The van der Waals surface area contributed by atoms with Crippen molar-refractivity contribution in [3.05, 3.63) is 71.3 Å². The first-order valence-corrected chi connectivity index (χ1v) is 11.4. The zero-order valence-corrected chi connectivity index (χ0v) is 20.4. The molecule has 0 spiro atoms. The third-order valence-electron chi connectivity index (χ3n) is 5.75. The van der Waals surface area contributed by atoms with Crippen molar-refractivity contribution < 1.29 is 19.1 Å². The third-order valence-corrected chi connectivity index (χ3v) is 5.75. The van der Waals surface area contributed by atoms with Gasteiger partial charge in [0.25, 0.3) is 5.91 Å². The van der Waals surface area contributed by atoms with Crippen molar-refractivity contribution in [2.75, 3.05) is 6.61 Å². The van der Waals surface area contributed by atoms with Gasteiger partial charge in [-0.2, -0.15) is 5.26 Å². The lowest BCUT2D eigenvalue weighted by Gasteiger charge is -2.37. The van der Waals surface area contributed by atoms with Crippen molar-refractivity contribution in [1.29, 1.82) is 5.26 Å². The zero-order chi connectivity index (χ0) is 25.3. The van der Waals surface area contributed by atoms with E-state index < -0.39 is 23.5 Å². The van der Waals surface area contributed by atoms with Crippen LogP contribution in [0.15, 0.2) is 54.6 Å². The molecule has 1 unspecified atom stereocenters. The quantitative estimate of drug-likeness (QED) is 0.523. The Balaban J connectivity index is 2.21. The summed E-state index contributed by atoms with van der Waals surface area (Å²) in [7, 11) is 0. The van der Waals surface area contributed by atoms with Crippen LogP contribution in [-0.2, 0) is 20.7 Å². The molecule has 0 aliphatic carbocycles. The van der Waals surface area contributed by atoms with Gasteiger partial charge in [-0.15, -0.1) is 0 Å². The van der Waals surface area contributed by atoms with Crippen LogP contribution in [0.5, 0.6) is 0 Å². The number of hydrogen-bond acceptors (Lipinski definition) is 5. The van der Waals surface area contributed by atoms with Gasteiger partial charge in [0.05, 0.1) is 23.7 Å². The Labute approximate surface area is 201 Å². The van der Waals surface area contributed by atoms with E-state index in [1.54, 1.807) is 45.0 Å². The molecule has 0 aliphatic heterocycles.